The maximum Gasteiger partial charge on any atom is 0.243 e. The number of ether oxygens (including phenoxy) is 3. The zero-order valence-electron chi connectivity index (χ0n) is 16.7. The van der Waals surface area contributed by atoms with E-state index in [9.17, 15) is 13.2 Å². The van der Waals surface area contributed by atoms with E-state index in [1.807, 2.05) is 19.1 Å². The molecule has 2 aromatic rings. The van der Waals surface area contributed by atoms with Gasteiger partial charge in [-0.05, 0) is 36.8 Å². The van der Waals surface area contributed by atoms with Gasteiger partial charge in [-0.25, -0.2) is 8.42 Å². The first kappa shape index (κ1) is 19.4. The molecule has 0 radical (unpaired) electrons. The molecule has 3 heterocycles. The van der Waals surface area contributed by atoms with Crippen molar-refractivity contribution in [3.8, 4) is 17.2 Å². The Morgan fingerprint density at radius 2 is 1.67 bits per heavy atom. The van der Waals surface area contributed by atoms with Crippen LogP contribution in [0.4, 0.5) is 0 Å². The van der Waals surface area contributed by atoms with Crippen LogP contribution >= 0.6 is 0 Å². The Hall–Kier alpha value is -2.58. The number of hydrogen-bond donors (Lipinski definition) is 0. The van der Waals surface area contributed by atoms with E-state index in [1.165, 1.54) is 10.4 Å². The molecule has 0 saturated carbocycles. The summed E-state index contributed by atoms with van der Waals surface area (Å²) in [7, 11) is -3.67. The number of fused-ring (bicyclic) bond motifs is 2. The van der Waals surface area contributed by atoms with Gasteiger partial charge in [0.1, 0.15) is 24.6 Å². The average molecular weight is 429 g/mol. The molecule has 30 heavy (non-hydrogen) atoms. The summed E-state index contributed by atoms with van der Waals surface area (Å²) < 4.78 is 45.1. The molecule has 0 amide bonds. The second kappa shape index (κ2) is 6.99. The minimum atomic E-state index is -3.67. The summed E-state index contributed by atoms with van der Waals surface area (Å²) in [5, 5.41) is 0. The van der Waals surface area contributed by atoms with E-state index in [4.69, 9.17) is 14.2 Å². The molecule has 0 aromatic heterocycles. The molecule has 3 aliphatic rings. The van der Waals surface area contributed by atoms with Crippen molar-refractivity contribution in [2.75, 3.05) is 26.3 Å². The van der Waals surface area contributed by atoms with E-state index >= 15 is 0 Å². The first-order chi connectivity index (χ1) is 14.4. The molecule has 0 aliphatic carbocycles. The van der Waals surface area contributed by atoms with E-state index in [0.29, 0.717) is 62.0 Å². The summed E-state index contributed by atoms with van der Waals surface area (Å²) >= 11 is 0. The van der Waals surface area contributed by atoms with E-state index in [2.05, 4.69) is 0 Å². The molecule has 8 heteroatoms. The van der Waals surface area contributed by atoms with Gasteiger partial charge in [0, 0.05) is 32.0 Å². The maximum absolute atomic E-state index is 13.2. The third-order valence-electron chi connectivity index (χ3n) is 6.03. The number of piperidine rings is 1. The second-order valence-electron chi connectivity index (χ2n) is 8.09. The van der Waals surface area contributed by atoms with Crippen molar-refractivity contribution in [3.63, 3.8) is 0 Å². The summed E-state index contributed by atoms with van der Waals surface area (Å²) in [6.07, 6.45) is 1.22. The minimum Gasteiger partial charge on any atom is -0.486 e. The largest absolute Gasteiger partial charge is 0.486 e. The molecule has 0 N–H and O–H groups in total. The Morgan fingerprint density at radius 1 is 0.933 bits per heavy atom. The summed E-state index contributed by atoms with van der Waals surface area (Å²) in [6, 6.07) is 10.3. The lowest BCUT2D eigenvalue weighted by Crippen LogP contribution is -2.52. The predicted octanol–water partition coefficient (Wildman–Crippen LogP) is 2.95. The van der Waals surface area contributed by atoms with Crippen molar-refractivity contribution >= 4 is 15.8 Å². The van der Waals surface area contributed by atoms with Crippen molar-refractivity contribution in [2.24, 2.45) is 0 Å². The van der Waals surface area contributed by atoms with Crippen molar-refractivity contribution in [3.05, 3.63) is 47.5 Å². The van der Waals surface area contributed by atoms with E-state index in [1.54, 1.807) is 18.2 Å². The van der Waals surface area contributed by atoms with Crippen LogP contribution in [0.2, 0.25) is 0 Å². The highest BCUT2D eigenvalue weighted by molar-refractivity contribution is 7.89. The Morgan fingerprint density at radius 3 is 2.43 bits per heavy atom. The van der Waals surface area contributed by atoms with Gasteiger partial charge in [-0.2, -0.15) is 4.31 Å². The van der Waals surface area contributed by atoms with Gasteiger partial charge in [0.2, 0.25) is 10.0 Å². The smallest absolute Gasteiger partial charge is 0.243 e. The molecule has 0 atom stereocenters. The molecule has 1 saturated heterocycles. The fourth-order valence-corrected chi connectivity index (χ4v) is 5.81. The quantitative estimate of drug-likeness (QED) is 0.730. The number of benzene rings is 2. The highest BCUT2D eigenvalue weighted by atomic mass is 32.2. The average Bonchev–Trinajstić information content (AvgIpc) is 2.73. The number of hydrogen-bond acceptors (Lipinski definition) is 6. The first-order valence-electron chi connectivity index (χ1n) is 10.1. The number of nitrogens with zero attached hydrogens (tertiary/aromatic N) is 1. The van der Waals surface area contributed by atoms with Gasteiger partial charge in [0.25, 0.3) is 0 Å². The van der Waals surface area contributed by atoms with Crippen LogP contribution in [0.3, 0.4) is 0 Å². The van der Waals surface area contributed by atoms with Crippen LogP contribution in [0.5, 0.6) is 17.2 Å². The number of Topliss-reactive ketones (excluding diaryl/α,β-unsaturated/α-hetero) is 1. The Kier molecular flexibility index (Phi) is 4.52. The summed E-state index contributed by atoms with van der Waals surface area (Å²) in [6.45, 7) is 3.40. The van der Waals surface area contributed by atoms with Crippen LogP contribution in [0, 0.1) is 6.92 Å². The molecular weight excluding hydrogens is 406 g/mol. The monoisotopic (exact) mass is 429 g/mol. The Balaban J connectivity index is 1.35. The number of sulfonamides is 1. The van der Waals surface area contributed by atoms with Crippen molar-refractivity contribution in [2.45, 2.75) is 36.7 Å². The van der Waals surface area contributed by atoms with Crippen molar-refractivity contribution in [1.82, 2.24) is 4.31 Å². The molecule has 0 unspecified atom stereocenters. The fraction of sp³-hybridized carbons (Fsp3) is 0.409. The normalized spacial score (nSPS) is 20.5. The van der Waals surface area contributed by atoms with Gasteiger partial charge >= 0.3 is 0 Å². The van der Waals surface area contributed by atoms with Gasteiger partial charge in [-0.1, -0.05) is 6.07 Å². The summed E-state index contributed by atoms with van der Waals surface area (Å²) in [5.41, 5.74) is 0.992. The van der Waals surface area contributed by atoms with Crippen LogP contribution in [-0.2, 0) is 10.0 Å². The zero-order chi connectivity index (χ0) is 20.9. The van der Waals surface area contributed by atoms with Crippen molar-refractivity contribution in [1.29, 1.82) is 0 Å². The van der Waals surface area contributed by atoms with Crippen LogP contribution in [0.25, 0.3) is 0 Å². The fourth-order valence-electron chi connectivity index (χ4n) is 4.35. The third kappa shape index (κ3) is 3.24. The molecule has 3 aliphatic heterocycles. The van der Waals surface area contributed by atoms with Crippen molar-refractivity contribution < 1.29 is 27.4 Å². The van der Waals surface area contributed by atoms with Gasteiger partial charge in [-0.15, -0.1) is 0 Å². The zero-order valence-corrected chi connectivity index (χ0v) is 17.5. The lowest BCUT2D eigenvalue weighted by Gasteiger charge is -2.43. The molecule has 7 nitrogen and oxygen atoms in total. The molecule has 5 rings (SSSR count). The first-order valence-corrected chi connectivity index (χ1v) is 11.5. The number of carbonyl (C=O) groups is 1. The van der Waals surface area contributed by atoms with Crippen LogP contribution < -0.4 is 14.2 Å². The summed E-state index contributed by atoms with van der Waals surface area (Å²) in [4.78, 5) is 12.9. The maximum atomic E-state index is 13.2. The molecule has 2 aromatic carbocycles. The lowest BCUT2D eigenvalue weighted by molar-refractivity contribution is 0.00587. The number of rotatable bonds is 2. The molecule has 158 valence electrons. The Bertz CT molecular complexity index is 1120. The predicted molar refractivity (Wildman–Crippen MR) is 109 cm³/mol. The Labute approximate surface area is 175 Å². The standard InChI is InChI=1S/C22H23NO6S/c1-15-2-4-17-18(24)14-22(29-20(17)12-15)6-8-23(9-7-22)30(25,26)16-3-5-19-21(13-16)28-11-10-27-19/h2-5,12-13H,6-11,14H2,1H3. The third-order valence-corrected chi connectivity index (χ3v) is 7.93. The topological polar surface area (TPSA) is 82.1 Å². The van der Waals surface area contributed by atoms with Gasteiger partial charge < -0.3 is 14.2 Å². The molecular formula is C22H23NO6S. The highest BCUT2D eigenvalue weighted by Crippen LogP contribution is 2.41. The number of aryl methyl sites for hydroxylation is 1. The highest BCUT2D eigenvalue weighted by Gasteiger charge is 2.45. The van der Waals surface area contributed by atoms with Gasteiger partial charge in [0.15, 0.2) is 17.3 Å². The molecule has 0 bridgehead atoms. The second-order valence-corrected chi connectivity index (χ2v) is 10.0. The van der Waals surface area contributed by atoms with E-state index in [-0.39, 0.29) is 17.1 Å². The SMILES string of the molecule is Cc1ccc2c(c1)OC1(CCN(S(=O)(=O)c3ccc4c(c3)OCCO4)CC1)CC2=O. The van der Waals surface area contributed by atoms with Gasteiger partial charge in [0.05, 0.1) is 16.9 Å². The number of carbonyl (C=O) groups excluding carboxylic acids is 1. The van der Waals surface area contributed by atoms with Gasteiger partial charge in [-0.3, -0.25) is 4.79 Å². The molecule has 1 spiro atoms. The lowest BCUT2D eigenvalue weighted by atomic mass is 9.83. The van der Waals surface area contributed by atoms with E-state index < -0.39 is 15.6 Å². The van der Waals surface area contributed by atoms with Crippen LogP contribution in [0.15, 0.2) is 41.3 Å². The molecule has 1 fully saturated rings. The van der Waals surface area contributed by atoms with Crippen LogP contribution in [-0.4, -0.2) is 50.4 Å². The number of ketones is 1. The summed E-state index contributed by atoms with van der Waals surface area (Å²) in [5.74, 6) is 1.67. The van der Waals surface area contributed by atoms with Crippen LogP contribution in [0.1, 0.15) is 35.2 Å². The minimum absolute atomic E-state index is 0.0550. The van der Waals surface area contributed by atoms with E-state index in [0.717, 1.165) is 5.56 Å².